The van der Waals surface area contributed by atoms with Gasteiger partial charge >= 0.3 is 0 Å². The van der Waals surface area contributed by atoms with Gasteiger partial charge in [-0.25, -0.2) is 0 Å². The zero-order valence-corrected chi connectivity index (χ0v) is 14.7. The molecule has 0 atom stereocenters. The number of ether oxygens (including phenoxy) is 1. The number of carbonyl (C=O) groups excluding carboxylic acids is 1. The summed E-state index contributed by atoms with van der Waals surface area (Å²) >= 11 is 18.4. The van der Waals surface area contributed by atoms with Crippen molar-refractivity contribution in [1.82, 2.24) is 0 Å². The Kier molecular flexibility index (Phi) is 5.49. The van der Waals surface area contributed by atoms with Gasteiger partial charge in [-0.1, -0.05) is 39.1 Å². The normalized spacial score (nSPS) is 10.4. The highest BCUT2D eigenvalue weighted by molar-refractivity contribution is 9.11. The third-order valence-electron chi connectivity index (χ3n) is 2.49. The Labute approximate surface area is 143 Å². The molecule has 0 aliphatic heterocycles. The van der Waals surface area contributed by atoms with E-state index in [9.17, 15) is 4.79 Å². The third-order valence-corrected chi connectivity index (χ3v) is 4.35. The molecular weight excluding hydrogens is 431 g/mol. The summed E-state index contributed by atoms with van der Waals surface area (Å²) in [5.74, 6) is 0.431. The minimum atomic E-state index is -0.168. The number of Topliss-reactive ketones (excluding diaryl/α,β-unsaturated/α-hetero) is 1. The standard InChI is InChI=1S/C14H8Br2Cl2O2/c15-9-2-4-14(10(16)6-9)20-7-13(19)8-1-3-11(17)12(18)5-8/h1-6H,7H2. The largest absolute Gasteiger partial charge is 0.484 e. The van der Waals surface area contributed by atoms with Gasteiger partial charge in [0.05, 0.1) is 14.5 Å². The number of ketones is 1. The molecule has 0 amide bonds. The molecule has 0 spiro atoms. The van der Waals surface area contributed by atoms with Gasteiger partial charge in [-0.15, -0.1) is 0 Å². The first-order valence-electron chi connectivity index (χ1n) is 5.53. The van der Waals surface area contributed by atoms with Gasteiger partial charge < -0.3 is 4.74 Å². The van der Waals surface area contributed by atoms with Crippen LogP contribution in [0.4, 0.5) is 0 Å². The maximum atomic E-state index is 12.0. The predicted octanol–water partition coefficient (Wildman–Crippen LogP) is 5.78. The lowest BCUT2D eigenvalue weighted by Crippen LogP contribution is -2.11. The van der Waals surface area contributed by atoms with Crippen LogP contribution in [0.3, 0.4) is 0 Å². The van der Waals surface area contributed by atoms with Crippen LogP contribution in [0.5, 0.6) is 5.75 Å². The van der Waals surface area contributed by atoms with Crippen molar-refractivity contribution < 1.29 is 9.53 Å². The highest BCUT2D eigenvalue weighted by Crippen LogP contribution is 2.28. The molecule has 2 rings (SSSR count). The Morgan fingerprint density at radius 3 is 2.45 bits per heavy atom. The molecule has 2 aromatic rings. The zero-order chi connectivity index (χ0) is 14.7. The number of rotatable bonds is 4. The molecule has 0 bridgehead atoms. The Hall–Kier alpha value is -0.550. The van der Waals surface area contributed by atoms with E-state index >= 15 is 0 Å². The highest BCUT2D eigenvalue weighted by atomic mass is 79.9. The van der Waals surface area contributed by atoms with Gasteiger partial charge in [-0.3, -0.25) is 4.79 Å². The van der Waals surface area contributed by atoms with E-state index in [1.165, 1.54) is 6.07 Å². The molecular formula is C14H8Br2Cl2O2. The van der Waals surface area contributed by atoms with Crippen molar-refractivity contribution in [3.8, 4) is 5.75 Å². The SMILES string of the molecule is O=C(COc1ccc(Br)cc1Br)c1ccc(Cl)c(Cl)c1. The van der Waals surface area contributed by atoms with Crippen molar-refractivity contribution in [3.05, 3.63) is 61.0 Å². The van der Waals surface area contributed by atoms with Crippen LogP contribution in [0.1, 0.15) is 10.4 Å². The van der Waals surface area contributed by atoms with E-state index in [2.05, 4.69) is 31.9 Å². The van der Waals surface area contributed by atoms with Crippen LogP contribution < -0.4 is 4.74 Å². The summed E-state index contributed by atoms with van der Waals surface area (Å²) in [6.45, 7) is -0.0712. The smallest absolute Gasteiger partial charge is 0.200 e. The average Bonchev–Trinajstić information content (AvgIpc) is 2.40. The summed E-state index contributed by atoms with van der Waals surface area (Å²) in [4.78, 5) is 12.0. The van der Waals surface area contributed by atoms with Crippen LogP contribution in [0.2, 0.25) is 10.0 Å². The zero-order valence-electron chi connectivity index (χ0n) is 10.00. The van der Waals surface area contributed by atoms with E-state index in [0.29, 0.717) is 21.4 Å². The van der Waals surface area contributed by atoms with Crippen molar-refractivity contribution in [3.63, 3.8) is 0 Å². The fourth-order valence-electron chi connectivity index (χ4n) is 1.49. The number of hydrogen-bond donors (Lipinski definition) is 0. The lowest BCUT2D eigenvalue weighted by atomic mass is 10.1. The molecule has 0 aliphatic rings. The predicted molar refractivity (Wildman–Crippen MR) is 88.1 cm³/mol. The van der Waals surface area contributed by atoms with E-state index in [1.807, 2.05) is 12.1 Å². The van der Waals surface area contributed by atoms with Crippen LogP contribution in [-0.2, 0) is 0 Å². The first-order chi connectivity index (χ1) is 9.47. The van der Waals surface area contributed by atoms with E-state index in [0.717, 1.165) is 8.95 Å². The molecule has 0 saturated heterocycles. The lowest BCUT2D eigenvalue weighted by Gasteiger charge is -2.08. The summed E-state index contributed by atoms with van der Waals surface area (Å²) in [5.41, 5.74) is 0.465. The monoisotopic (exact) mass is 436 g/mol. The van der Waals surface area contributed by atoms with Crippen molar-refractivity contribution in [2.24, 2.45) is 0 Å². The molecule has 6 heteroatoms. The third kappa shape index (κ3) is 3.98. The lowest BCUT2D eigenvalue weighted by molar-refractivity contribution is 0.0921. The molecule has 104 valence electrons. The van der Waals surface area contributed by atoms with E-state index < -0.39 is 0 Å². The number of carbonyl (C=O) groups is 1. The number of halogens is 4. The molecule has 0 radical (unpaired) electrons. The topological polar surface area (TPSA) is 26.3 Å². The quantitative estimate of drug-likeness (QED) is 0.565. The van der Waals surface area contributed by atoms with E-state index in [4.69, 9.17) is 27.9 Å². The van der Waals surface area contributed by atoms with E-state index in [1.54, 1.807) is 18.2 Å². The maximum Gasteiger partial charge on any atom is 0.200 e. The molecule has 2 aromatic carbocycles. The van der Waals surface area contributed by atoms with Gasteiger partial charge in [0.2, 0.25) is 0 Å². The average molecular weight is 439 g/mol. The van der Waals surface area contributed by atoms with Crippen LogP contribution in [0.25, 0.3) is 0 Å². The number of hydrogen-bond acceptors (Lipinski definition) is 2. The molecule has 0 heterocycles. The highest BCUT2D eigenvalue weighted by Gasteiger charge is 2.10. The van der Waals surface area contributed by atoms with Crippen molar-refractivity contribution in [1.29, 1.82) is 0 Å². The van der Waals surface area contributed by atoms with Gasteiger partial charge in [0.1, 0.15) is 5.75 Å². The second-order valence-electron chi connectivity index (χ2n) is 3.92. The molecule has 0 fully saturated rings. The Morgan fingerprint density at radius 1 is 1.05 bits per heavy atom. The minimum absolute atomic E-state index is 0.0712. The summed E-state index contributed by atoms with van der Waals surface area (Å²) < 4.78 is 7.18. The van der Waals surface area contributed by atoms with Gasteiger partial charge in [0.15, 0.2) is 12.4 Å². The maximum absolute atomic E-state index is 12.0. The van der Waals surface area contributed by atoms with Crippen molar-refractivity contribution in [2.75, 3.05) is 6.61 Å². The Balaban J connectivity index is 2.06. The second kappa shape index (κ2) is 6.94. The molecule has 0 unspecified atom stereocenters. The van der Waals surface area contributed by atoms with Gasteiger partial charge in [0.25, 0.3) is 0 Å². The van der Waals surface area contributed by atoms with Crippen LogP contribution in [-0.4, -0.2) is 12.4 Å². The van der Waals surface area contributed by atoms with Gasteiger partial charge in [-0.05, 0) is 52.3 Å². The summed E-state index contributed by atoms with van der Waals surface area (Å²) in [6.07, 6.45) is 0. The molecule has 0 aromatic heterocycles. The second-order valence-corrected chi connectivity index (χ2v) is 6.50. The molecule has 20 heavy (non-hydrogen) atoms. The van der Waals surface area contributed by atoms with E-state index in [-0.39, 0.29) is 12.4 Å². The van der Waals surface area contributed by atoms with Crippen LogP contribution >= 0.6 is 55.1 Å². The Morgan fingerprint density at radius 2 is 1.80 bits per heavy atom. The van der Waals surface area contributed by atoms with Crippen LogP contribution in [0.15, 0.2) is 45.3 Å². The first-order valence-corrected chi connectivity index (χ1v) is 7.87. The van der Waals surface area contributed by atoms with Gasteiger partial charge in [-0.2, -0.15) is 0 Å². The number of benzene rings is 2. The van der Waals surface area contributed by atoms with Gasteiger partial charge in [0, 0.05) is 10.0 Å². The summed E-state index contributed by atoms with van der Waals surface area (Å²) in [5, 5.41) is 0.766. The molecule has 0 N–H and O–H groups in total. The minimum Gasteiger partial charge on any atom is -0.484 e. The first kappa shape index (κ1) is 15.8. The summed E-state index contributed by atoms with van der Waals surface area (Å²) in [6, 6.07) is 10.2. The molecule has 0 aliphatic carbocycles. The fraction of sp³-hybridized carbons (Fsp3) is 0.0714. The molecule has 2 nitrogen and oxygen atoms in total. The van der Waals surface area contributed by atoms with Crippen molar-refractivity contribution in [2.45, 2.75) is 0 Å². The fourth-order valence-corrected chi connectivity index (χ4v) is 2.95. The summed E-state index contributed by atoms with van der Waals surface area (Å²) in [7, 11) is 0. The molecule has 0 saturated carbocycles. The van der Waals surface area contributed by atoms with Crippen molar-refractivity contribution >= 4 is 60.8 Å². The van der Waals surface area contributed by atoms with Crippen LogP contribution in [0, 0.1) is 0 Å². The Bertz CT molecular complexity index is 660.